The Hall–Kier alpha value is -0.661. The summed E-state index contributed by atoms with van der Waals surface area (Å²) >= 11 is 0.0662. The zero-order valence-electron chi connectivity index (χ0n) is 4.46. The van der Waals surface area contributed by atoms with Crippen LogP contribution in [0.25, 0.3) is 11.0 Å². The van der Waals surface area contributed by atoms with Gasteiger partial charge in [0.25, 0.3) is 0 Å². The van der Waals surface area contributed by atoms with Gasteiger partial charge < -0.3 is 0 Å². The van der Waals surface area contributed by atoms with Gasteiger partial charge in [-0.15, -0.1) is 0 Å². The minimum absolute atomic E-state index is 0.0662. The summed E-state index contributed by atoms with van der Waals surface area (Å²) in [6, 6.07) is 9.56. The van der Waals surface area contributed by atoms with E-state index in [1.54, 1.807) is 12.1 Å². The molecule has 0 atom stereocenters. The zero-order chi connectivity index (χ0) is 6.10. The summed E-state index contributed by atoms with van der Waals surface area (Å²) in [5.74, 6) is 0. The summed E-state index contributed by atoms with van der Waals surface area (Å²) in [6.45, 7) is 0. The molecule has 0 amide bonds. The first-order valence-electron chi connectivity index (χ1n) is 2.47. The van der Waals surface area contributed by atoms with Crippen LogP contribution in [0.4, 0.5) is 0 Å². The maximum absolute atomic E-state index is 4.11. The van der Waals surface area contributed by atoms with E-state index in [-0.39, 0.29) is 15.0 Å². The summed E-state index contributed by atoms with van der Waals surface area (Å²) in [7, 11) is 0. The Morgan fingerprint density at radius 2 is 1.67 bits per heavy atom. The van der Waals surface area contributed by atoms with Gasteiger partial charge in [-0.1, -0.05) is 0 Å². The summed E-state index contributed by atoms with van der Waals surface area (Å²) in [4.78, 5) is 0. The summed E-state index contributed by atoms with van der Waals surface area (Å²) in [5.41, 5.74) is 1.75. The number of rotatable bonds is 0. The van der Waals surface area contributed by atoms with E-state index < -0.39 is 0 Å². The summed E-state index contributed by atoms with van der Waals surface area (Å²) in [5, 5.41) is 0. The van der Waals surface area contributed by atoms with Gasteiger partial charge in [0.05, 0.1) is 0 Å². The van der Waals surface area contributed by atoms with Crippen LogP contribution in [0.1, 0.15) is 0 Å². The van der Waals surface area contributed by atoms with Crippen molar-refractivity contribution < 1.29 is 0 Å². The molecule has 0 bridgehead atoms. The molecule has 0 fully saturated rings. The third-order valence-corrected chi connectivity index (χ3v) is 2.12. The van der Waals surface area contributed by atoms with Crippen molar-refractivity contribution in [2.75, 3.05) is 0 Å². The molecule has 0 saturated carbocycles. The van der Waals surface area contributed by atoms with Crippen LogP contribution in [0.2, 0.25) is 0 Å². The van der Waals surface area contributed by atoms with Gasteiger partial charge in [-0.25, -0.2) is 0 Å². The van der Waals surface area contributed by atoms with Crippen LogP contribution in [-0.4, -0.2) is 22.9 Å². The molecule has 1 aromatic carbocycles. The maximum atomic E-state index is 4.11. The van der Waals surface area contributed by atoms with Gasteiger partial charge in [-0.05, 0) is 0 Å². The van der Waals surface area contributed by atoms with E-state index in [0.29, 0.717) is 0 Å². The van der Waals surface area contributed by atoms with E-state index in [9.17, 15) is 0 Å². The van der Waals surface area contributed by atoms with E-state index in [1.807, 2.05) is 0 Å². The molecule has 2 aromatic rings. The predicted octanol–water partition coefficient (Wildman–Crippen LogP) is 0.287. The Balaban J connectivity index is 2.95. The average Bonchev–Trinajstić information content (AvgIpc) is 2.33. The van der Waals surface area contributed by atoms with Gasteiger partial charge in [-0.3, -0.25) is 0 Å². The zero-order valence-corrected chi connectivity index (χ0v) is 6.17. The van der Waals surface area contributed by atoms with Gasteiger partial charge in [0.1, 0.15) is 0 Å². The van der Waals surface area contributed by atoms with Crippen molar-refractivity contribution in [2.45, 2.75) is 0 Å². The van der Waals surface area contributed by atoms with Gasteiger partial charge in [0.15, 0.2) is 0 Å². The van der Waals surface area contributed by atoms with Crippen LogP contribution in [0, 0.1) is 12.1 Å². The molecule has 0 N–H and O–H groups in total. The molecule has 0 aliphatic rings. The first kappa shape index (κ1) is 5.15. The molecule has 0 spiro atoms. The number of benzene rings is 1. The fourth-order valence-electron chi connectivity index (χ4n) is 0.619. The molecule has 1 heterocycles. The van der Waals surface area contributed by atoms with E-state index in [1.165, 1.54) is 0 Å². The first-order valence-corrected chi connectivity index (χ1v) is 4.01. The molecule has 0 unspecified atom stereocenters. The van der Waals surface area contributed by atoms with Crippen molar-refractivity contribution in [3.63, 3.8) is 0 Å². The van der Waals surface area contributed by atoms with E-state index in [2.05, 4.69) is 20.1 Å². The van der Waals surface area contributed by atoms with Crippen molar-refractivity contribution in [3.05, 3.63) is 24.3 Å². The van der Waals surface area contributed by atoms with E-state index >= 15 is 0 Å². The molecule has 2 rings (SSSR count). The average molecular weight is 181 g/mol. The van der Waals surface area contributed by atoms with Gasteiger partial charge in [-0.2, -0.15) is 0 Å². The number of aromatic nitrogens is 2. The molecule has 9 heavy (non-hydrogen) atoms. The second-order valence-corrected chi connectivity index (χ2v) is 2.69. The minimum atomic E-state index is 0.0662. The van der Waals surface area contributed by atoms with E-state index in [4.69, 9.17) is 0 Å². The molecule has 0 aliphatic heterocycles. The quantitative estimate of drug-likeness (QED) is 0.546. The van der Waals surface area contributed by atoms with Crippen LogP contribution in [0.3, 0.4) is 0 Å². The number of hydrogen-bond acceptors (Lipinski definition) is 2. The molecule has 0 aliphatic carbocycles. The monoisotopic (exact) mass is 182 g/mol. The molecular formula is C6H2N2Se. The van der Waals surface area contributed by atoms with Crippen LogP contribution in [0.15, 0.2) is 12.1 Å². The Labute approximate surface area is 58.7 Å². The molecule has 1 aromatic heterocycles. The van der Waals surface area contributed by atoms with Crippen molar-refractivity contribution >= 4 is 26.0 Å². The summed E-state index contributed by atoms with van der Waals surface area (Å²) in [6.07, 6.45) is 0. The molecular weight excluding hydrogens is 179 g/mol. The second kappa shape index (κ2) is 1.94. The molecule has 2 nitrogen and oxygen atoms in total. The Kier molecular flexibility index (Phi) is 1.11. The fourth-order valence-corrected chi connectivity index (χ4v) is 1.63. The number of nitrogens with zero attached hydrogens (tertiary/aromatic N) is 2. The van der Waals surface area contributed by atoms with Gasteiger partial charge in [0.2, 0.25) is 0 Å². The van der Waals surface area contributed by atoms with Crippen molar-refractivity contribution in [1.29, 1.82) is 0 Å². The predicted molar refractivity (Wildman–Crippen MR) is 34.2 cm³/mol. The molecule has 42 valence electrons. The molecule has 2 radical (unpaired) electrons. The van der Waals surface area contributed by atoms with E-state index in [0.717, 1.165) is 11.0 Å². The third kappa shape index (κ3) is 0.784. The standard InChI is InChI=1S/C6H2N2Se/c1-2-4-6-5(3-1)7-9-8-6/h1-2H. The first-order chi connectivity index (χ1) is 4.47. The normalized spacial score (nSPS) is 10.2. The topological polar surface area (TPSA) is 25.8 Å². The van der Waals surface area contributed by atoms with Crippen LogP contribution in [0.5, 0.6) is 0 Å². The Morgan fingerprint density at radius 1 is 1.11 bits per heavy atom. The number of hydrogen-bond donors (Lipinski definition) is 0. The van der Waals surface area contributed by atoms with Crippen LogP contribution < -0.4 is 0 Å². The second-order valence-electron chi connectivity index (χ2n) is 1.58. The van der Waals surface area contributed by atoms with Crippen LogP contribution >= 0.6 is 0 Å². The van der Waals surface area contributed by atoms with Crippen molar-refractivity contribution in [3.8, 4) is 0 Å². The fraction of sp³-hybridized carbons (Fsp3) is 0. The van der Waals surface area contributed by atoms with Crippen LogP contribution in [-0.2, 0) is 0 Å². The van der Waals surface area contributed by atoms with Gasteiger partial charge in [0, 0.05) is 0 Å². The van der Waals surface area contributed by atoms with Crippen molar-refractivity contribution in [1.82, 2.24) is 7.96 Å². The number of fused-ring (bicyclic) bond motifs is 1. The SMILES string of the molecule is [c]1cc[c]c2n[se]nc12. The third-order valence-electron chi connectivity index (χ3n) is 1.01. The Bertz CT molecular complexity index is 285. The Morgan fingerprint density at radius 3 is 2.22 bits per heavy atom. The summed E-state index contributed by atoms with van der Waals surface area (Å²) < 4.78 is 8.22. The van der Waals surface area contributed by atoms with Crippen molar-refractivity contribution in [2.24, 2.45) is 0 Å². The molecule has 3 heteroatoms. The molecule has 0 saturated heterocycles. The van der Waals surface area contributed by atoms with Gasteiger partial charge >= 0.3 is 58.2 Å².